The Labute approximate surface area is 99.2 Å². The highest BCUT2D eigenvalue weighted by atomic mass is 32.2. The molecule has 0 amide bonds. The predicted octanol–water partition coefficient (Wildman–Crippen LogP) is 1.03. The van der Waals surface area contributed by atoms with E-state index in [1.807, 2.05) is 20.8 Å². The molecule has 1 aliphatic heterocycles. The van der Waals surface area contributed by atoms with E-state index in [2.05, 4.69) is 0 Å². The largest absolute Gasteiger partial charge is 0.330 e. The van der Waals surface area contributed by atoms with Gasteiger partial charge in [0.05, 0.1) is 5.75 Å². The highest BCUT2D eigenvalue weighted by Gasteiger charge is 2.30. The van der Waals surface area contributed by atoms with E-state index in [4.69, 9.17) is 5.73 Å². The lowest BCUT2D eigenvalue weighted by molar-refractivity contribution is 0.275. The lowest BCUT2D eigenvalue weighted by atomic mass is 9.99. The molecule has 1 heterocycles. The summed E-state index contributed by atoms with van der Waals surface area (Å²) in [6.45, 7) is 7.82. The molecule has 1 rings (SSSR count). The fourth-order valence-corrected chi connectivity index (χ4v) is 4.11. The van der Waals surface area contributed by atoms with Gasteiger partial charge in [0, 0.05) is 13.1 Å². The first-order valence-corrected chi connectivity index (χ1v) is 7.53. The zero-order chi connectivity index (χ0) is 12.4. The number of hydrogen-bond donors (Lipinski definition) is 1. The van der Waals surface area contributed by atoms with E-state index in [-0.39, 0.29) is 11.2 Å². The summed E-state index contributed by atoms with van der Waals surface area (Å²) in [4.78, 5) is 0. The van der Waals surface area contributed by atoms with Gasteiger partial charge in [-0.2, -0.15) is 0 Å². The Morgan fingerprint density at radius 2 is 1.75 bits per heavy atom. The second-order valence-corrected chi connectivity index (χ2v) is 7.86. The maximum Gasteiger partial charge on any atom is 0.214 e. The van der Waals surface area contributed by atoms with Crippen LogP contribution in [0.3, 0.4) is 0 Å². The van der Waals surface area contributed by atoms with Crippen molar-refractivity contribution in [3.8, 4) is 0 Å². The van der Waals surface area contributed by atoms with Crippen molar-refractivity contribution in [2.24, 2.45) is 17.1 Å². The van der Waals surface area contributed by atoms with Crippen LogP contribution in [0.15, 0.2) is 0 Å². The van der Waals surface area contributed by atoms with Crippen LogP contribution in [0.25, 0.3) is 0 Å². The second-order valence-electron chi connectivity index (χ2n) is 5.90. The molecule has 0 aliphatic carbocycles. The molecule has 0 atom stereocenters. The van der Waals surface area contributed by atoms with E-state index in [0.717, 1.165) is 12.8 Å². The fraction of sp³-hybridized carbons (Fsp3) is 1.00. The van der Waals surface area contributed by atoms with Gasteiger partial charge in [-0.25, -0.2) is 12.7 Å². The maximum absolute atomic E-state index is 12.1. The van der Waals surface area contributed by atoms with Crippen molar-refractivity contribution in [3.05, 3.63) is 0 Å². The average Bonchev–Trinajstić information content (AvgIpc) is 2.14. The lowest BCUT2D eigenvalue weighted by Gasteiger charge is -2.32. The summed E-state index contributed by atoms with van der Waals surface area (Å²) in [5, 5.41) is 0. The Balaban J connectivity index is 2.59. The SMILES string of the molecule is CC(C)(C)CS(=O)(=O)N1CCC(CN)CC1. The van der Waals surface area contributed by atoms with Gasteiger partial charge >= 0.3 is 0 Å². The Morgan fingerprint density at radius 1 is 1.25 bits per heavy atom. The molecule has 96 valence electrons. The molecule has 0 spiro atoms. The number of rotatable bonds is 3. The summed E-state index contributed by atoms with van der Waals surface area (Å²) in [6, 6.07) is 0. The Morgan fingerprint density at radius 3 is 2.12 bits per heavy atom. The maximum atomic E-state index is 12.1. The van der Waals surface area contributed by atoms with Crippen LogP contribution < -0.4 is 5.73 Å². The van der Waals surface area contributed by atoms with E-state index < -0.39 is 10.0 Å². The van der Waals surface area contributed by atoms with E-state index in [1.54, 1.807) is 4.31 Å². The van der Waals surface area contributed by atoms with Crippen LogP contribution in [0.4, 0.5) is 0 Å². The summed E-state index contributed by atoms with van der Waals surface area (Å²) in [5.41, 5.74) is 5.41. The summed E-state index contributed by atoms with van der Waals surface area (Å²) < 4.78 is 25.8. The van der Waals surface area contributed by atoms with Gasteiger partial charge in [0.25, 0.3) is 0 Å². The summed E-state index contributed by atoms with van der Waals surface area (Å²) in [5.74, 6) is 0.730. The van der Waals surface area contributed by atoms with Gasteiger partial charge in [-0.05, 0) is 30.7 Å². The Bertz CT molecular complexity index is 311. The van der Waals surface area contributed by atoms with Crippen LogP contribution in [-0.2, 0) is 10.0 Å². The number of piperidine rings is 1. The van der Waals surface area contributed by atoms with Crippen LogP contribution in [-0.4, -0.2) is 38.1 Å². The van der Waals surface area contributed by atoms with Gasteiger partial charge < -0.3 is 5.73 Å². The first kappa shape index (κ1) is 13.9. The van der Waals surface area contributed by atoms with E-state index in [0.29, 0.717) is 25.6 Å². The normalized spacial score (nSPS) is 21.2. The minimum atomic E-state index is -3.08. The minimum absolute atomic E-state index is 0.177. The molecule has 2 N–H and O–H groups in total. The second kappa shape index (κ2) is 5.02. The highest BCUT2D eigenvalue weighted by molar-refractivity contribution is 7.89. The molecule has 16 heavy (non-hydrogen) atoms. The first-order chi connectivity index (χ1) is 7.24. The summed E-state index contributed by atoms with van der Waals surface area (Å²) >= 11 is 0. The van der Waals surface area contributed by atoms with Gasteiger partial charge in [0.1, 0.15) is 0 Å². The molecule has 0 aromatic carbocycles. The van der Waals surface area contributed by atoms with Gasteiger partial charge in [-0.3, -0.25) is 0 Å². The quantitative estimate of drug-likeness (QED) is 0.811. The van der Waals surface area contributed by atoms with Crippen LogP contribution in [0.2, 0.25) is 0 Å². The standard InChI is InChI=1S/C11H24N2O2S/c1-11(2,3)9-16(14,15)13-6-4-10(8-12)5-7-13/h10H,4-9,12H2,1-3H3. The minimum Gasteiger partial charge on any atom is -0.330 e. The molecule has 1 saturated heterocycles. The summed E-state index contributed by atoms with van der Waals surface area (Å²) in [7, 11) is -3.08. The first-order valence-electron chi connectivity index (χ1n) is 5.92. The molecule has 1 fully saturated rings. The number of nitrogens with two attached hydrogens (primary N) is 1. The van der Waals surface area contributed by atoms with E-state index >= 15 is 0 Å². The van der Waals surface area contributed by atoms with Crippen molar-refractivity contribution in [1.29, 1.82) is 0 Å². The predicted molar refractivity (Wildman–Crippen MR) is 66.6 cm³/mol. The monoisotopic (exact) mass is 248 g/mol. The van der Waals surface area contributed by atoms with Gasteiger partial charge in [-0.15, -0.1) is 0 Å². The van der Waals surface area contributed by atoms with Crippen molar-refractivity contribution in [3.63, 3.8) is 0 Å². The van der Waals surface area contributed by atoms with Crippen molar-refractivity contribution >= 4 is 10.0 Å². The molecule has 0 bridgehead atoms. The molecule has 5 heteroatoms. The van der Waals surface area contributed by atoms with Crippen molar-refractivity contribution in [2.75, 3.05) is 25.4 Å². The Hall–Kier alpha value is -0.130. The van der Waals surface area contributed by atoms with Gasteiger partial charge in [0.15, 0.2) is 0 Å². The van der Waals surface area contributed by atoms with Crippen molar-refractivity contribution < 1.29 is 8.42 Å². The fourth-order valence-electron chi connectivity index (χ4n) is 2.06. The molecule has 0 saturated carbocycles. The average molecular weight is 248 g/mol. The molecule has 4 nitrogen and oxygen atoms in total. The van der Waals surface area contributed by atoms with E-state index in [1.165, 1.54) is 0 Å². The third kappa shape index (κ3) is 4.03. The molecule has 1 aliphatic rings. The van der Waals surface area contributed by atoms with Gasteiger partial charge in [-0.1, -0.05) is 20.8 Å². The molecular weight excluding hydrogens is 224 g/mol. The number of sulfonamides is 1. The molecule has 0 aromatic heterocycles. The molecule has 0 unspecified atom stereocenters. The zero-order valence-electron chi connectivity index (χ0n) is 10.6. The smallest absolute Gasteiger partial charge is 0.214 e. The molecule has 0 aromatic rings. The number of nitrogens with zero attached hydrogens (tertiary/aromatic N) is 1. The van der Waals surface area contributed by atoms with Gasteiger partial charge in [0.2, 0.25) is 10.0 Å². The molecule has 0 radical (unpaired) electrons. The van der Waals surface area contributed by atoms with Crippen molar-refractivity contribution in [2.45, 2.75) is 33.6 Å². The Kier molecular flexibility index (Phi) is 4.37. The lowest BCUT2D eigenvalue weighted by Crippen LogP contribution is -2.43. The number of hydrogen-bond acceptors (Lipinski definition) is 3. The van der Waals surface area contributed by atoms with Crippen LogP contribution >= 0.6 is 0 Å². The third-order valence-corrected chi connectivity index (χ3v) is 5.30. The van der Waals surface area contributed by atoms with E-state index in [9.17, 15) is 8.42 Å². The summed E-state index contributed by atoms with van der Waals surface area (Å²) in [6.07, 6.45) is 1.81. The zero-order valence-corrected chi connectivity index (χ0v) is 11.4. The topological polar surface area (TPSA) is 63.4 Å². The van der Waals surface area contributed by atoms with Crippen molar-refractivity contribution in [1.82, 2.24) is 4.31 Å². The van der Waals surface area contributed by atoms with Crippen LogP contribution in [0.5, 0.6) is 0 Å². The highest BCUT2D eigenvalue weighted by Crippen LogP contribution is 2.23. The van der Waals surface area contributed by atoms with Crippen LogP contribution in [0, 0.1) is 11.3 Å². The third-order valence-electron chi connectivity index (χ3n) is 2.92. The van der Waals surface area contributed by atoms with Crippen LogP contribution in [0.1, 0.15) is 33.6 Å². The molecular formula is C11H24N2O2S.